The fourth-order valence-electron chi connectivity index (χ4n) is 6.95. The zero-order valence-corrected chi connectivity index (χ0v) is 37.7. The summed E-state index contributed by atoms with van der Waals surface area (Å²) in [5.74, 6) is -5.78. The molecule has 368 valence electrons. The van der Waals surface area contributed by atoms with Crippen LogP contribution in [0.3, 0.4) is 0 Å². The number of benzene rings is 3. The molecule has 0 radical (unpaired) electrons. The van der Waals surface area contributed by atoms with E-state index in [4.69, 9.17) is 17.2 Å². The van der Waals surface area contributed by atoms with Crippen LogP contribution >= 0.6 is 7.82 Å². The summed E-state index contributed by atoms with van der Waals surface area (Å²) in [5, 5.41) is 43.6. The second-order valence-electron chi connectivity index (χ2n) is 15.8. The monoisotopic (exact) mass is 969 g/mol. The quantitative estimate of drug-likeness (QED) is 0.0122. The zero-order chi connectivity index (χ0) is 50.1. The van der Waals surface area contributed by atoms with Crippen LogP contribution < -0.4 is 43.8 Å². The molecule has 1 heterocycles. The van der Waals surface area contributed by atoms with Gasteiger partial charge in [-0.25, -0.2) is 4.57 Å². The van der Waals surface area contributed by atoms with Crippen molar-refractivity contribution in [1.29, 1.82) is 0 Å². The summed E-state index contributed by atoms with van der Waals surface area (Å²) in [6.45, 7) is 0.142. The minimum Gasteiger partial charge on any atom is -0.508 e. The summed E-state index contributed by atoms with van der Waals surface area (Å²) in [4.78, 5) is 118. The highest BCUT2D eigenvalue weighted by Crippen LogP contribution is 2.36. The van der Waals surface area contributed by atoms with Gasteiger partial charge in [-0.3, -0.25) is 48.4 Å². The summed E-state index contributed by atoms with van der Waals surface area (Å²) >= 11 is 0. The number of carbonyl (C=O) groups excluding carboxylic acids is 6. The fraction of sp³-hybridized carbons (Fsp3) is 0.405. The molecule has 0 bridgehead atoms. The Morgan fingerprint density at radius 2 is 1.41 bits per heavy atom. The number of nitro benzene ring substituents is 1. The van der Waals surface area contributed by atoms with Crippen LogP contribution in [0.2, 0.25) is 0 Å². The molecule has 6 amide bonds. The van der Waals surface area contributed by atoms with Crippen molar-refractivity contribution >= 4 is 60.6 Å². The first-order valence-corrected chi connectivity index (χ1v) is 22.7. The number of phosphoric acid groups is 1. The number of likely N-dealkylation sites (tertiary alicyclic amines) is 1. The molecule has 0 unspecified atom stereocenters. The smallest absolute Gasteiger partial charge is 0.469 e. The molecule has 7 atom stereocenters. The van der Waals surface area contributed by atoms with Crippen molar-refractivity contribution in [1.82, 2.24) is 26.2 Å². The largest absolute Gasteiger partial charge is 0.508 e. The number of non-ortho nitro benzene ring substituents is 1. The van der Waals surface area contributed by atoms with Gasteiger partial charge in [0.25, 0.3) is 5.69 Å². The number of phosphoric ester groups is 1. The number of nitrogens with two attached hydrogens (primary N) is 3. The van der Waals surface area contributed by atoms with Crippen molar-refractivity contribution in [3.8, 4) is 5.75 Å². The van der Waals surface area contributed by atoms with Crippen LogP contribution in [0.5, 0.6) is 5.75 Å². The van der Waals surface area contributed by atoms with Gasteiger partial charge in [-0.2, -0.15) is 0 Å². The number of nitrogens with zero attached hydrogens (tertiary/aromatic N) is 3. The van der Waals surface area contributed by atoms with Crippen molar-refractivity contribution in [3.05, 3.63) is 100 Å². The predicted octanol–water partition coefficient (Wildman–Crippen LogP) is -1.47. The number of nitrogens with one attached hydrogen (secondary N) is 5. The number of guanidine groups is 1. The third-order valence-corrected chi connectivity index (χ3v) is 11.0. The number of carbonyl (C=O) groups is 6. The summed E-state index contributed by atoms with van der Waals surface area (Å²) in [7, 11) is -5.30. The molecule has 1 fully saturated rings. The third-order valence-electron chi connectivity index (χ3n) is 10.5. The molecule has 0 saturated carbocycles. The van der Waals surface area contributed by atoms with Crippen LogP contribution in [0.1, 0.15) is 43.7 Å². The van der Waals surface area contributed by atoms with Gasteiger partial charge in [-0.15, -0.1) is 0 Å². The molecule has 68 heavy (non-hydrogen) atoms. The molecule has 1 saturated heterocycles. The SMILES string of the molecule is C[C@@H](O)[C@H](N)C(=O)N[C@@H](Cc1ccccc1)C(=O)N[C@@H](Cc1ccc(O)cc1)C(=O)N[C@@H](COP(=O)(O)O)C(=O)N1CCC[C@H]1C(=O)N[C@@H](CCCN=C(N)N)C(=O)Nc1ccc([N+](=O)[O-])cc1. The van der Waals surface area contributed by atoms with Crippen LogP contribution in [0.4, 0.5) is 11.4 Å². The standard InChI is InChI=1S/C42H56N11O14P/c1-24(54)35(43)40(60)50-32(21-25-7-3-2-4-8-25)37(57)49-31(22-26-11-17-29(55)18-12-26)38(58)51-33(23-67-68(64,65)66)41(61)52-20-6-10-34(52)39(59)48-30(9-5-19-46-42(44)45)36(56)47-27-13-15-28(16-14-27)53(62)63/h2-4,7-8,11-18,24,30-35,54-55H,5-6,9-10,19-23,43H2,1H3,(H,47,56)(H,48,59)(H,49,57)(H,50,60)(H,51,58)(H4,44,45,46)(H2,64,65,66)/t24-,30+,31+,32+,33+,34+,35+/m1/s1. The molecule has 1 aliphatic heterocycles. The van der Waals surface area contributed by atoms with E-state index in [9.17, 15) is 63.4 Å². The lowest BCUT2D eigenvalue weighted by atomic mass is 10.0. The lowest BCUT2D eigenvalue weighted by Crippen LogP contribution is -2.61. The number of phenols is 1. The Kier molecular flexibility index (Phi) is 19.9. The van der Waals surface area contributed by atoms with Gasteiger partial charge < -0.3 is 68.7 Å². The second kappa shape index (κ2) is 25.2. The van der Waals surface area contributed by atoms with E-state index in [0.29, 0.717) is 11.1 Å². The maximum Gasteiger partial charge on any atom is 0.469 e. The molecule has 25 nitrogen and oxygen atoms in total. The Morgan fingerprint density at radius 1 is 0.838 bits per heavy atom. The van der Waals surface area contributed by atoms with Crippen LogP contribution in [0.25, 0.3) is 0 Å². The van der Waals surface area contributed by atoms with E-state index in [1.165, 1.54) is 55.5 Å². The first-order chi connectivity index (χ1) is 32.1. The number of anilines is 1. The highest BCUT2D eigenvalue weighted by atomic mass is 31.2. The average molecular weight is 970 g/mol. The van der Waals surface area contributed by atoms with Crippen LogP contribution in [-0.4, -0.2) is 133 Å². The minimum absolute atomic E-state index is 0.0196. The highest BCUT2D eigenvalue weighted by Gasteiger charge is 2.41. The number of aromatic hydroxyl groups is 1. The van der Waals surface area contributed by atoms with Crippen molar-refractivity contribution in [2.45, 2.75) is 87.8 Å². The van der Waals surface area contributed by atoms with Crippen LogP contribution in [0, 0.1) is 10.1 Å². The topological polar surface area (TPSA) is 407 Å². The lowest BCUT2D eigenvalue weighted by Gasteiger charge is -2.31. The number of hydrogen-bond donors (Lipinski definition) is 12. The van der Waals surface area contributed by atoms with Gasteiger partial charge in [-0.05, 0) is 68.0 Å². The molecular formula is C42H56N11O14P. The van der Waals surface area contributed by atoms with E-state index < -0.39 is 97.2 Å². The molecule has 3 aromatic carbocycles. The Morgan fingerprint density at radius 3 is 1.97 bits per heavy atom. The Bertz CT molecular complexity index is 2310. The van der Waals surface area contributed by atoms with Gasteiger partial charge in [0, 0.05) is 43.8 Å². The van der Waals surface area contributed by atoms with Gasteiger partial charge in [-0.1, -0.05) is 42.5 Å². The van der Waals surface area contributed by atoms with Crippen molar-refractivity contribution in [3.63, 3.8) is 0 Å². The number of amides is 6. The normalized spacial score (nSPS) is 16.1. The van der Waals surface area contributed by atoms with Gasteiger partial charge in [0.2, 0.25) is 35.4 Å². The number of aliphatic hydroxyl groups excluding tert-OH is 1. The first kappa shape index (κ1) is 53.6. The summed E-state index contributed by atoms with van der Waals surface area (Å²) in [5.41, 5.74) is 17.6. The molecule has 4 rings (SSSR count). The van der Waals surface area contributed by atoms with Crippen molar-refractivity contribution in [2.75, 3.05) is 25.0 Å². The molecular weight excluding hydrogens is 913 g/mol. The molecule has 0 aliphatic carbocycles. The summed E-state index contributed by atoms with van der Waals surface area (Å²) < 4.78 is 16.6. The average Bonchev–Trinajstić information content (AvgIpc) is 3.79. The van der Waals surface area contributed by atoms with Crippen LogP contribution in [0.15, 0.2) is 83.9 Å². The van der Waals surface area contributed by atoms with Gasteiger partial charge in [0.15, 0.2) is 5.96 Å². The van der Waals surface area contributed by atoms with E-state index in [-0.39, 0.29) is 74.7 Å². The highest BCUT2D eigenvalue weighted by molar-refractivity contribution is 7.46. The molecule has 26 heteroatoms. The van der Waals surface area contributed by atoms with E-state index in [1.54, 1.807) is 30.3 Å². The summed E-state index contributed by atoms with van der Waals surface area (Å²) in [6.07, 6.45) is -1.24. The van der Waals surface area contributed by atoms with Gasteiger partial charge in [0.1, 0.15) is 42.0 Å². The van der Waals surface area contributed by atoms with E-state index >= 15 is 0 Å². The fourth-order valence-corrected chi connectivity index (χ4v) is 7.30. The molecule has 3 aromatic rings. The number of rotatable bonds is 24. The third kappa shape index (κ3) is 17.0. The number of nitro groups is 1. The predicted molar refractivity (Wildman–Crippen MR) is 244 cm³/mol. The number of phenolic OH excluding ortho intramolecular Hbond substituents is 1. The van der Waals surface area contributed by atoms with Gasteiger partial charge in [0.05, 0.1) is 17.6 Å². The Balaban J connectivity index is 1.61. The maximum atomic E-state index is 14.4. The van der Waals surface area contributed by atoms with Gasteiger partial charge >= 0.3 is 7.82 Å². The van der Waals surface area contributed by atoms with E-state index in [2.05, 4.69) is 36.1 Å². The van der Waals surface area contributed by atoms with Crippen molar-refractivity contribution in [2.24, 2.45) is 22.2 Å². The van der Waals surface area contributed by atoms with E-state index in [0.717, 1.165) is 4.90 Å². The minimum atomic E-state index is -5.30. The molecule has 1 aliphatic rings. The maximum absolute atomic E-state index is 14.4. The second-order valence-corrected chi connectivity index (χ2v) is 17.0. The molecule has 0 spiro atoms. The molecule has 15 N–H and O–H groups in total. The number of hydrogen-bond acceptors (Lipinski definition) is 14. The van der Waals surface area contributed by atoms with Crippen molar-refractivity contribution < 1.29 is 62.8 Å². The Labute approximate surface area is 389 Å². The van der Waals surface area contributed by atoms with Crippen LogP contribution in [-0.2, 0) is 50.7 Å². The van der Waals surface area contributed by atoms with E-state index in [1.807, 2.05) is 0 Å². The number of aliphatic hydroxyl groups is 1. The Hall–Kier alpha value is -7.02. The zero-order valence-electron chi connectivity index (χ0n) is 36.8. The lowest BCUT2D eigenvalue weighted by molar-refractivity contribution is -0.384. The number of aliphatic imine (C=N–C) groups is 1. The first-order valence-electron chi connectivity index (χ1n) is 21.2. The summed E-state index contributed by atoms with van der Waals surface area (Å²) in [6, 6.07) is 10.1. The molecule has 0 aromatic heterocycles.